The molecule has 6 nitrogen and oxygen atoms in total. The molecule has 28 heavy (non-hydrogen) atoms. The van der Waals surface area contributed by atoms with Gasteiger partial charge in [0.1, 0.15) is 5.82 Å². The Morgan fingerprint density at radius 3 is 2.79 bits per heavy atom. The molecule has 2 aromatic carbocycles. The SMILES string of the molecule is Cl.Cn1nc(C(=O)N2CCNCC2c2cccc(F)c2)c(=O)c2ccccc21. The van der Waals surface area contributed by atoms with E-state index in [1.165, 1.54) is 12.1 Å². The van der Waals surface area contributed by atoms with Gasteiger partial charge < -0.3 is 10.2 Å². The third-order valence-corrected chi connectivity index (χ3v) is 4.90. The molecule has 1 atom stereocenters. The normalized spacial score (nSPS) is 16.6. The van der Waals surface area contributed by atoms with Crippen molar-refractivity contribution in [2.45, 2.75) is 6.04 Å². The number of hydrogen-bond donors (Lipinski definition) is 1. The van der Waals surface area contributed by atoms with Crippen LogP contribution < -0.4 is 10.7 Å². The van der Waals surface area contributed by atoms with Gasteiger partial charge in [0.05, 0.1) is 11.6 Å². The molecule has 1 aromatic heterocycles. The summed E-state index contributed by atoms with van der Waals surface area (Å²) in [6, 6.07) is 12.9. The second kappa shape index (κ2) is 8.08. The number of piperazine rings is 1. The predicted molar refractivity (Wildman–Crippen MR) is 107 cm³/mol. The zero-order valence-corrected chi connectivity index (χ0v) is 16.1. The zero-order valence-electron chi connectivity index (χ0n) is 15.3. The summed E-state index contributed by atoms with van der Waals surface area (Å²) in [5, 5.41) is 7.92. The first-order valence-electron chi connectivity index (χ1n) is 8.79. The molecule has 1 unspecified atom stereocenters. The Bertz CT molecular complexity index is 1090. The van der Waals surface area contributed by atoms with Crippen LogP contribution in [-0.2, 0) is 7.05 Å². The number of aromatic nitrogens is 2. The maximum Gasteiger partial charge on any atom is 0.279 e. The first kappa shape index (κ1) is 20.0. The lowest BCUT2D eigenvalue weighted by molar-refractivity contribution is 0.0624. The monoisotopic (exact) mass is 402 g/mol. The maximum absolute atomic E-state index is 13.7. The number of aryl methyl sites for hydroxylation is 1. The molecule has 1 aliphatic heterocycles. The lowest BCUT2D eigenvalue weighted by Crippen LogP contribution is -2.50. The second-order valence-corrected chi connectivity index (χ2v) is 6.59. The third kappa shape index (κ3) is 3.50. The van der Waals surface area contributed by atoms with Crippen LogP contribution in [0.15, 0.2) is 53.3 Å². The zero-order chi connectivity index (χ0) is 19.0. The first-order chi connectivity index (χ1) is 13.1. The molecule has 1 fully saturated rings. The number of halogens is 2. The van der Waals surface area contributed by atoms with Crippen LogP contribution in [0.2, 0.25) is 0 Å². The van der Waals surface area contributed by atoms with Crippen molar-refractivity contribution in [3.05, 3.63) is 75.8 Å². The van der Waals surface area contributed by atoms with E-state index in [1.807, 2.05) is 6.07 Å². The van der Waals surface area contributed by atoms with Gasteiger partial charge in [0, 0.05) is 32.1 Å². The predicted octanol–water partition coefficient (Wildman–Crippen LogP) is 2.28. The van der Waals surface area contributed by atoms with Gasteiger partial charge in [-0.3, -0.25) is 14.3 Å². The highest BCUT2D eigenvalue weighted by atomic mass is 35.5. The number of carbonyl (C=O) groups is 1. The minimum atomic E-state index is -0.433. The van der Waals surface area contributed by atoms with Gasteiger partial charge in [0.15, 0.2) is 5.69 Å². The molecule has 1 N–H and O–H groups in total. The van der Waals surface area contributed by atoms with Crippen LogP contribution in [0.25, 0.3) is 10.9 Å². The minimum absolute atomic E-state index is 0. The van der Waals surface area contributed by atoms with E-state index in [0.29, 0.717) is 36.1 Å². The molecule has 8 heteroatoms. The molecule has 146 valence electrons. The average molecular weight is 403 g/mol. The van der Waals surface area contributed by atoms with Gasteiger partial charge in [-0.1, -0.05) is 24.3 Å². The summed E-state index contributed by atoms with van der Waals surface area (Å²) in [6.07, 6.45) is 0. The van der Waals surface area contributed by atoms with E-state index >= 15 is 0 Å². The Morgan fingerprint density at radius 1 is 1.21 bits per heavy atom. The van der Waals surface area contributed by atoms with Crippen molar-refractivity contribution in [2.24, 2.45) is 7.05 Å². The van der Waals surface area contributed by atoms with E-state index in [-0.39, 0.29) is 35.4 Å². The van der Waals surface area contributed by atoms with Crippen LogP contribution in [0, 0.1) is 5.82 Å². The first-order valence-corrected chi connectivity index (χ1v) is 8.79. The molecule has 0 bridgehead atoms. The van der Waals surface area contributed by atoms with Crippen LogP contribution in [0.1, 0.15) is 22.1 Å². The van der Waals surface area contributed by atoms with E-state index in [9.17, 15) is 14.0 Å². The molecule has 1 aliphatic rings. The van der Waals surface area contributed by atoms with Gasteiger partial charge in [0.2, 0.25) is 5.43 Å². The topological polar surface area (TPSA) is 67.2 Å². The number of rotatable bonds is 2. The molecule has 2 heterocycles. The van der Waals surface area contributed by atoms with E-state index in [4.69, 9.17) is 0 Å². The highest BCUT2D eigenvalue weighted by molar-refractivity contribution is 5.95. The standard InChI is InChI=1S/C20H19FN4O2.ClH/c1-24-16-8-3-2-7-15(16)19(26)18(23-24)20(27)25-10-9-22-12-17(25)13-5-4-6-14(21)11-13;/h2-8,11,17,22H,9-10,12H2,1H3;1H. The Morgan fingerprint density at radius 2 is 2.00 bits per heavy atom. The van der Waals surface area contributed by atoms with E-state index in [0.717, 1.165) is 0 Å². The number of nitrogens with one attached hydrogen (secondary N) is 1. The molecule has 1 saturated heterocycles. The van der Waals surface area contributed by atoms with E-state index in [2.05, 4.69) is 10.4 Å². The number of para-hydroxylation sites is 1. The molecule has 0 aliphatic carbocycles. The van der Waals surface area contributed by atoms with Crippen molar-refractivity contribution in [1.82, 2.24) is 20.0 Å². The van der Waals surface area contributed by atoms with Gasteiger partial charge >= 0.3 is 0 Å². The molecule has 1 amide bonds. The molecule has 0 spiro atoms. The van der Waals surface area contributed by atoms with Crippen molar-refractivity contribution < 1.29 is 9.18 Å². The molecule has 0 radical (unpaired) electrons. The van der Waals surface area contributed by atoms with Gasteiger partial charge in [-0.2, -0.15) is 5.10 Å². The fourth-order valence-electron chi connectivity index (χ4n) is 3.56. The smallest absolute Gasteiger partial charge is 0.279 e. The number of amides is 1. The van der Waals surface area contributed by atoms with Crippen molar-refractivity contribution in [3.63, 3.8) is 0 Å². The Hall–Kier alpha value is -2.77. The van der Waals surface area contributed by atoms with Crippen LogP contribution in [0.4, 0.5) is 4.39 Å². The van der Waals surface area contributed by atoms with Crippen LogP contribution in [0.3, 0.4) is 0 Å². The Kier molecular flexibility index (Phi) is 5.76. The maximum atomic E-state index is 13.7. The lowest BCUT2D eigenvalue weighted by atomic mass is 10.0. The summed E-state index contributed by atoms with van der Waals surface area (Å²) in [7, 11) is 1.71. The van der Waals surface area contributed by atoms with E-state index < -0.39 is 5.91 Å². The average Bonchev–Trinajstić information content (AvgIpc) is 2.70. The van der Waals surface area contributed by atoms with Crippen LogP contribution in [0.5, 0.6) is 0 Å². The molecule has 3 aromatic rings. The van der Waals surface area contributed by atoms with Crippen LogP contribution in [-0.4, -0.2) is 40.2 Å². The van der Waals surface area contributed by atoms with Crippen molar-refractivity contribution in [1.29, 1.82) is 0 Å². The minimum Gasteiger partial charge on any atom is -0.328 e. The molecular formula is C20H20ClFN4O2. The quantitative estimate of drug-likeness (QED) is 0.714. The summed E-state index contributed by atoms with van der Waals surface area (Å²) in [6.45, 7) is 1.51. The van der Waals surface area contributed by atoms with Crippen molar-refractivity contribution in [3.8, 4) is 0 Å². The number of carbonyl (C=O) groups excluding carboxylic acids is 1. The summed E-state index contributed by atoms with van der Waals surface area (Å²) in [5.41, 5.74) is 0.860. The highest BCUT2D eigenvalue weighted by Gasteiger charge is 2.31. The fraction of sp³-hybridized carbons (Fsp3) is 0.250. The Balaban J connectivity index is 0.00000225. The number of fused-ring (bicyclic) bond motifs is 1. The molecule has 0 saturated carbocycles. The van der Waals surface area contributed by atoms with Gasteiger partial charge in [-0.05, 0) is 29.8 Å². The van der Waals surface area contributed by atoms with Gasteiger partial charge in [0.25, 0.3) is 5.91 Å². The number of benzene rings is 2. The largest absolute Gasteiger partial charge is 0.328 e. The van der Waals surface area contributed by atoms with E-state index in [1.54, 1.807) is 47.0 Å². The fourth-order valence-corrected chi connectivity index (χ4v) is 3.56. The van der Waals surface area contributed by atoms with Crippen molar-refractivity contribution in [2.75, 3.05) is 19.6 Å². The lowest BCUT2D eigenvalue weighted by Gasteiger charge is -2.36. The number of nitrogens with zero attached hydrogens (tertiary/aromatic N) is 3. The third-order valence-electron chi connectivity index (χ3n) is 4.90. The summed E-state index contributed by atoms with van der Waals surface area (Å²) in [5.74, 6) is -0.790. The highest BCUT2D eigenvalue weighted by Crippen LogP contribution is 2.24. The second-order valence-electron chi connectivity index (χ2n) is 6.59. The number of hydrogen-bond acceptors (Lipinski definition) is 4. The summed E-state index contributed by atoms with van der Waals surface area (Å²) >= 11 is 0. The molecule has 4 rings (SSSR count). The van der Waals surface area contributed by atoms with Crippen molar-refractivity contribution >= 4 is 29.2 Å². The van der Waals surface area contributed by atoms with Gasteiger partial charge in [-0.25, -0.2) is 4.39 Å². The summed E-state index contributed by atoms with van der Waals surface area (Å²) in [4.78, 5) is 27.7. The van der Waals surface area contributed by atoms with Crippen LogP contribution >= 0.6 is 12.4 Å². The Labute approximate surface area is 167 Å². The van der Waals surface area contributed by atoms with Gasteiger partial charge in [-0.15, -0.1) is 12.4 Å². The summed E-state index contributed by atoms with van der Waals surface area (Å²) < 4.78 is 15.2. The molecular weight excluding hydrogens is 383 g/mol.